The molecule has 180 valence electrons. The molecule has 0 spiro atoms. The van der Waals surface area contributed by atoms with Crippen LogP contribution in [0.4, 0.5) is 0 Å². The number of carbonyl (C=O) groups is 1. The highest BCUT2D eigenvalue weighted by Gasteiger charge is 2.60. The van der Waals surface area contributed by atoms with Crippen LogP contribution in [0.2, 0.25) is 0 Å². The molecule has 10 atom stereocenters. The van der Waals surface area contributed by atoms with E-state index in [1.165, 1.54) is 6.92 Å². The fraction of sp³-hybridized carbons (Fsp3) is 0.952. The summed E-state index contributed by atoms with van der Waals surface area (Å²) >= 11 is 0. The molecule has 1 aliphatic heterocycles. The van der Waals surface area contributed by atoms with Crippen molar-refractivity contribution in [1.82, 2.24) is 0 Å². The number of hydrogen-bond acceptors (Lipinski definition) is 10. The van der Waals surface area contributed by atoms with Crippen LogP contribution in [0.15, 0.2) is 0 Å². The van der Waals surface area contributed by atoms with E-state index in [1.54, 1.807) is 13.8 Å². The second-order valence-electron chi connectivity index (χ2n) is 10.1. The van der Waals surface area contributed by atoms with E-state index >= 15 is 0 Å². The quantitative estimate of drug-likeness (QED) is 0.250. The molecule has 10 heteroatoms. The van der Waals surface area contributed by atoms with Gasteiger partial charge in [0.25, 0.3) is 0 Å². The maximum absolute atomic E-state index is 12.4. The second-order valence-corrected chi connectivity index (χ2v) is 10.1. The van der Waals surface area contributed by atoms with E-state index in [0.717, 1.165) is 0 Å². The molecule has 0 bridgehead atoms. The zero-order chi connectivity index (χ0) is 23.4. The summed E-state index contributed by atoms with van der Waals surface area (Å²) in [5.41, 5.74) is -4.15. The topological polar surface area (TPSA) is 177 Å². The lowest BCUT2D eigenvalue weighted by Crippen LogP contribution is -2.61. The summed E-state index contributed by atoms with van der Waals surface area (Å²) in [6, 6.07) is 0. The molecule has 0 unspecified atom stereocenters. The first-order valence-corrected chi connectivity index (χ1v) is 10.9. The van der Waals surface area contributed by atoms with Crippen molar-refractivity contribution in [2.75, 3.05) is 13.2 Å². The van der Waals surface area contributed by atoms with Crippen molar-refractivity contribution >= 4 is 5.78 Å². The lowest BCUT2D eigenvalue weighted by atomic mass is 9.74. The van der Waals surface area contributed by atoms with Crippen molar-refractivity contribution in [3.8, 4) is 0 Å². The van der Waals surface area contributed by atoms with E-state index in [1.807, 2.05) is 0 Å². The zero-order valence-corrected chi connectivity index (χ0v) is 18.2. The van der Waals surface area contributed by atoms with Crippen molar-refractivity contribution in [2.24, 2.45) is 17.8 Å². The van der Waals surface area contributed by atoms with Gasteiger partial charge in [0.2, 0.25) is 0 Å². The zero-order valence-electron chi connectivity index (χ0n) is 18.2. The molecule has 1 heterocycles. The van der Waals surface area contributed by atoms with Gasteiger partial charge in [-0.15, -0.1) is 0 Å². The van der Waals surface area contributed by atoms with Gasteiger partial charge >= 0.3 is 0 Å². The van der Waals surface area contributed by atoms with Crippen LogP contribution < -0.4 is 0 Å². The third kappa shape index (κ3) is 4.30. The van der Waals surface area contributed by atoms with Gasteiger partial charge in [-0.1, -0.05) is 0 Å². The third-order valence-corrected chi connectivity index (χ3v) is 7.86. The van der Waals surface area contributed by atoms with Gasteiger partial charge in [-0.3, -0.25) is 4.79 Å². The smallest absolute Gasteiger partial charge is 0.187 e. The number of carbonyl (C=O) groups excluding carboxylic acids is 1. The van der Waals surface area contributed by atoms with Crippen LogP contribution in [0, 0.1) is 17.8 Å². The Kier molecular flexibility index (Phi) is 6.91. The molecule has 3 fully saturated rings. The lowest BCUT2D eigenvalue weighted by molar-refractivity contribution is -0.329. The predicted molar refractivity (Wildman–Crippen MR) is 106 cm³/mol. The van der Waals surface area contributed by atoms with E-state index in [-0.39, 0.29) is 24.5 Å². The molecule has 2 aliphatic carbocycles. The third-order valence-electron chi connectivity index (χ3n) is 7.86. The van der Waals surface area contributed by atoms with Gasteiger partial charge in [0.15, 0.2) is 12.1 Å². The molecule has 31 heavy (non-hydrogen) atoms. The first-order chi connectivity index (χ1) is 14.3. The first kappa shape index (κ1) is 24.9. The van der Waals surface area contributed by atoms with Crippen molar-refractivity contribution in [3.63, 3.8) is 0 Å². The minimum absolute atomic E-state index is 0.0184. The first-order valence-electron chi connectivity index (χ1n) is 10.9. The Morgan fingerprint density at radius 2 is 1.74 bits per heavy atom. The highest BCUT2D eigenvalue weighted by atomic mass is 16.7. The van der Waals surface area contributed by atoms with Gasteiger partial charge in [0.05, 0.1) is 24.4 Å². The van der Waals surface area contributed by atoms with Gasteiger partial charge in [-0.25, -0.2) is 0 Å². The Labute approximate surface area is 181 Å². The van der Waals surface area contributed by atoms with Gasteiger partial charge in [-0.2, -0.15) is 0 Å². The van der Waals surface area contributed by atoms with Gasteiger partial charge in [0, 0.05) is 18.3 Å². The molecular formula is C21H36O10. The summed E-state index contributed by atoms with van der Waals surface area (Å²) in [6.45, 7) is 3.81. The summed E-state index contributed by atoms with van der Waals surface area (Å²) in [5.74, 6) is -1.86. The Hall–Kier alpha value is -0.690. The Morgan fingerprint density at radius 1 is 1.10 bits per heavy atom. The minimum Gasteiger partial charge on any atom is -0.394 e. The maximum Gasteiger partial charge on any atom is 0.187 e. The second kappa shape index (κ2) is 8.58. The number of Topliss-reactive ketones (excluding diaryl/α,β-unsaturated/α-hetero) is 1. The highest BCUT2D eigenvalue weighted by molar-refractivity contribution is 5.89. The monoisotopic (exact) mass is 448 g/mol. The molecule has 10 nitrogen and oxygen atoms in total. The molecule has 0 radical (unpaired) electrons. The summed E-state index contributed by atoms with van der Waals surface area (Å²) in [5, 5.41) is 71.5. The van der Waals surface area contributed by atoms with Crippen LogP contribution in [0.5, 0.6) is 0 Å². The van der Waals surface area contributed by atoms with Crippen molar-refractivity contribution in [1.29, 1.82) is 0 Å². The van der Waals surface area contributed by atoms with Crippen LogP contribution in [-0.4, -0.2) is 102 Å². The summed E-state index contributed by atoms with van der Waals surface area (Å²) in [7, 11) is 0. The van der Waals surface area contributed by atoms with E-state index in [4.69, 9.17) is 9.47 Å². The number of hydrogen-bond donors (Lipinski definition) is 7. The summed E-state index contributed by atoms with van der Waals surface area (Å²) in [6.07, 6.45) is -6.14. The van der Waals surface area contributed by atoms with Crippen LogP contribution in [0.25, 0.3) is 0 Å². The van der Waals surface area contributed by atoms with Crippen molar-refractivity contribution < 1.29 is 50.0 Å². The Balaban J connectivity index is 1.83. The molecule has 0 aromatic carbocycles. The molecule has 3 aliphatic rings. The van der Waals surface area contributed by atoms with Crippen molar-refractivity contribution in [2.45, 2.75) is 94.0 Å². The number of ether oxygens (including phenoxy) is 2. The van der Waals surface area contributed by atoms with Gasteiger partial charge in [0.1, 0.15) is 30.0 Å². The van der Waals surface area contributed by atoms with Crippen LogP contribution in [0.3, 0.4) is 0 Å². The highest BCUT2D eigenvalue weighted by Crippen LogP contribution is 2.52. The lowest BCUT2D eigenvalue weighted by Gasteiger charge is -2.45. The summed E-state index contributed by atoms with van der Waals surface area (Å²) < 4.78 is 11.5. The van der Waals surface area contributed by atoms with Gasteiger partial charge in [-0.05, 0) is 46.0 Å². The van der Waals surface area contributed by atoms with Crippen molar-refractivity contribution in [3.05, 3.63) is 0 Å². The Morgan fingerprint density at radius 3 is 2.32 bits per heavy atom. The number of fused-ring (bicyclic) bond motifs is 1. The number of aliphatic hydroxyl groups excluding tert-OH is 5. The number of ketones is 1. The SMILES string of the molecule is CC(C)(O[C@H]1O[C@@H](CO)[C@@H](O)[C@@H](O)[C@H]1O)[C@@H]1CC[C@](O)(CO)[C@@H]2CC(=O)[C@](C)(O)[C@@H]2C1. The Bertz CT molecular complexity index is 665. The van der Waals surface area contributed by atoms with E-state index in [9.17, 15) is 40.5 Å². The molecule has 3 rings (SSSR count). The largest absolute Gasteiger partial charge is 0.394 e. The van der Waals surface area contributed by atoms with Crippen LogP contribution >= 0.6 is 0 Å². The predicted octanol–water partition coefficient (Wildman–Crippen LogP) is -1.94. The fourth-order valence-electron chi connectivity index (χ4n) is 5.53. The van der Waals surface area contributed by atoms with Crippen LogP contribution in [-0.2, 0) is 14.3 Å². The minimum atomic E-state index is -1.64. The normalized spacial score (nSPS) is 49.0. The van der Waals surface area contributed by atoms with E-state index < -0.39 is 72.6 Å². The van der Waals surface area contributed by atoms with Gasteiger partial charge < -0.3 is 45.2 Å². The fourth-order valence-corrected chi connectivity index (χ4v) is 5.53. The van der Waals surface area contributed by atoms with E-state index in [0.29, 0.717) is 12.8 Å². The average molecular weight is 449 g/mol. The van der Waals surface area contributed by atoms with E-state index in [2.05, 4.69) is 0 Å². The standard InChI is InChI=1S/C21H36O10/c1-19(2,31-18-17(27)16(26)15(25)13(8-22)30-18)10-4-5-21(29,9-23)12-7-14(24)20(3,28)11(12)6-10/h10-13,15-18,22-23,25-29H,4-9H2,1-3H3/t10-,11-,12-,13+,15-,16-,17-,18-,20-,21+/m1/s1. The maximum atomic E-state index is 12.4. The molecule has 7 N–H and O–H groups in total. The number of aliphatic hydroxyl groups is 7. The molecule has 2 saturated carbocycles. The number of rotatable bonds is 5. The molecule has 0 aromatic rings. The molecular weight excluding hydrogens is 412 g/mol. The summed E-state index contributed by atoms with van der Waals surface area (Å²) in [4.78, 5) is 12.4. The van der Waals surface area contributed by atoms with Crippen LogP contribution in [0.1, 0.15) is 46.5 Å². The molecule has 1 saturated heterocycles. The molecule has 0 aromatic heterocycles. The molecule has 0 amide bonds. The average Bonchev–Trinajstić information content (AvgIpc) is 2.84.